The van der Waals surface area contributed by atoms with Gasteiger partial charge in [-0.1, -0.05) is 12.8 Å². The van der Waals surface area contributed by atoms with Gasteiger partial charge in [0.15, 0.2) is 0 Å². The van der Waals surface area contributed by atoms with Crippen LogP contribution in [0, 0.1) is 0 Å². The molecule has 0 aromatic carbocycles. The van der Waals surface area contributed by atoms with Crippen LogP contribution in [0.3, 0.4) is 0 Å². The van der Waals surface area contributed by atoms with Crippen molar-refractivity contribution in [2.75, 3.05) is 26.2 Å². The lowest BCUT2D eigenvalue weighted by atomic mass is 10.0. The average Bonchev–Trinajstić information content (AvgIpc) is 2.59. The number of aliphatic hydroxyl groups is 1. The lowest BCUT2D eigenvalue weighted by Gasteiger charge is -2.24. The standard InChI is InChI=1S/C11H24N2O/c1-11(6-8-12-10-11)13-7-4-2-3-5-9-14/h12-14H,2-10H2,1H3. The van der Waals surface area contributed by atoms with Gasteiger partial charge >= 0.3 is 0 Å². The molecule has 1 heterocycles. The van der Waals surface area contributed by atoms with Crippen molar-refractivity contribution in [1.82, 2.24) is 10.6 Å². The summed E-state index contributed by atoms with van der Waals surface area (Å²) in [4.78, 5) is 0. The van der Waals surface area contributed by atoms with Crippen molar-refractivity contribution in [1.29, 1.82) is 0 Å². The van der Waals surface area contributed by atoms with Crippen molar-refractivity contribution in [3.8, 4) is 0 Å². The van der Waals surface area contributed by atoms with Crippen LogP contribution in [-0.2, 0) is 0 Å². The first-order valence-corrected chi connectivity index (χ1v) is 5.83. The van der Waals surface area contributed by atoms with E-state index in [1.165, 1.54) is 19.3 Å². The SMILES string of the molecule is CC1(NCCCCCCO)CCNC1. The highest BCUT2D eigenvalue weighted by molar-refractivity contribution is 4.91. The normalized spacial score (nSPS) is 27.0. The van der Waals surface area contributed by atoms with Crippen LogP contribution in [0.5, 0.6) is 0 Å². The van der Waals surface area contributed by atoms with Gasteiger partial charge in [0, 0.05) is 18.7 Å². The first-order valence-electron chi connectivity index (χ1n) is 5.83. The van der Waals surface area contributed by atoms with E-state index in [-0.39, 0.29) is 0 Å². The molecule has 1 aliphatic rings. The molecule has 1 rings (SSSR count). The summed E-state index contributed by atoms with van der Waals surface area (Å²) >= 11 is 0. The summed E-state index contributed by atoms with van der Waals surface area (Å²) in [5, 5.41) is 15.6. The summed E-state index contributed by atoms with van der Waals surface area (Å²) in [5.41, 5.74) is 0.330. The van der Waals surface area contributed by atoms with Gasteiger partial charge in [-0.3, -0.25) is 0 Å². The fourth-order valence-corrected chi connectivity index (χ4v) is 1.95. The number of hydrogen-bond donors (Lipinski definition) is 3. The molecular formula is C11H24N2O. The third kappa shape index (κ3) is 4.40. The molecule has 1 aliphatic heterocycles. The molecule has 1 saturated heterocycles. The molecule has 14 heavy (non-hydrogen) atoms. The molecular weight excluding hydrogens is 176 g/mol. The molecule has 0 aromatic rings. The summed E-state index contributed by atoms with van der Waals surface area (Å²) in [5.74, 6) is 0. The zero-order valence-electron chi connectivity index (χ0n) is 9.31. The monoisotopic (exact) mass is 200 g/mol. The zero-order valence-corrected chi connectivity index (χ0v) is 9.31. The predicted octanol–water partition coefficient (Wildman–Crippen LogP) is 0.881. The maximum absolute atomic E-state index is 8.61. The van der Waals surface area contributed by atoms with Crippen LogP contribution in [-0.4, -0.2) is 36.9 Å². The van der Waals surface area contributed by atoms with E-state index in [2.05, 4.69) is 17.6 Å². The van der Waals surface area contributed by atoms with Gasteiger partial charge in [-0.2, -0.15) is 0 Å². The Hall–Kier alpha value is -0.120. The number of hydrogen-bond acceptors (Lipinski definition) is 3. The van der Waals surface area contributed by atoms with Crippen molar-refractivity contribution >= 4 is 0 Å². The quantitative estimate of drug-likeness (QED) is 0.535. The van der Waals surface area contributed by atoms with E-state index >= 15 is 0 Å². The molecule has 1 atom stereocenters. The second-order valence-electron chi connectivity index (χ2n) is 4.55. The molecule has 0 amide bonds. The molecule has 3 nitrogen and oxygen atoms in total. The van der Waals surface area contributed by atoms with E-state index in [0.717, 1.165) is 32.5 Å². The van der Waals surface area contributed by atoms with Crippen LogP contribution in [0.2, 0.25) is 0 Å². The fraction of sp³-hybridized carbons (Fsp3) is 1.00. The second kappa shape index (κ2) is 6.38. The molecule has 0 radical (unpaired) electrons. The molecule has 0 aromatic heterocycles. The summed E-state index contributed by atoms with van der Waals surface area (Å²) in [6.07, 6.45) is 5.82. The van der Waals surface area contributed by atoms with E-state index in [4.69, 9.17) is 5.11 Å². The van der Waals surface area contributed by atoms with Gasteiger partial charge in [0.05, 0.1) is 0 Å². The zero-order chi connectivity index (χ0) is 10.3. The van der Waals surface area contributed by atoms with E-state index in [1.807, 2.05) is 0 Å². The number of rotatable bonds is 7. The Morgan fingerprint density at radius 1 is 1.29 bits per heavy atom. The molecule has 3 heteroatoms. The highest BCUT2D eigenvalue weighted by atomic mass is 16.2. The van der Waals surface area contributed by atoms with Crippen molar-refractivity contribution < 1.29 is 5.11 Å². The third-order valence-corrected chi connectivity index (χ3v) is 3.01. The third-order valence-electron chi connectivity index (χ3n) is 3.01. The first-order chi connectivity index (χ1) is 6.77. The lowest BCUT2D eigenvalue weighted by molar-refractivity contribution is 0.281. The number of aliphatic hydroxyl groups excluding tert-OH is 1. The van der Waals surface area contributed by atoms with Crippen molar-refractivity contribution in [2.45, 2.75) is 44.6 Å². The van der Waals surface area contributed by atoms with Gasteiger partial charge in [0.2, 0.25) is 0 Å². The van der Waals surface area contributed by atoms with Crippen LogP contribution in [0.25, 0.3) is 0 Å². The van der Waals surface area contributed by atoms with Crippen LogP contribution in [0.4, 0.5) is 0 Å². The Balaban J connectivity index is 1.92. The minimum absolute atomic E-state index is 0.330. The average molecular weight is 200 g/mol. The Labute approximate surface area is 87.3 Å². The summed E-state index contributed by atoms with van der Waals surface area (Å²) in [6, 6.07) is 0. The lowest BCUT2D eigenvalue weighted by Crippen LogP contribution is -2.44. The van der Waals surface area contributed by atoms with Gasteiger partial charge in [-0.15, -0.1) is 0 Å². The first kappa shape index (κ1) is 12.0. The summed E-state index contributed by atoms with van der Waals surface area (Å²) in [7, 11) is 0. The van der Waals surface area contributed by atoms with Gasteiger partial charge < -0.3 is 15.7 Å². The summed E-state index contributed by atoms with van der Waals surface area (Å²) < 4.78 is 0. The van der Waals surface area contributed by atoms with Gasteiger partial charge in [-0.25, -0.2) is 0 Å². The van der Waals surface area contributed by atoms with E-state index in [9.17, 15) is 0 Å². The Morgan fingerprint density at radius 2 is 2.07 bits per heavy atom. The van der Waals surface area contributed by atoms with Crippen LogP contribution in [0.1, 0.15) is 39.0 Å². The van der Waals surface area contributed by atoms with Crippen molar-refractivity contribution in [3.63, 3.8) is 0 Å². The van der Waals surface area contributed by atoms with Gasteiger partial charge in [0.25, 0.3) is 0 Å². The highest BCUT2D eigenvalue weighted by Gasteiger charge is 2.26. The molecule has 3 N–H and O–H groups in total. The largest absolute Gasteiger partial charge is 0.396 e. The molecule has 0 spiro atoms. The minimum atomic E-state index is 0.330. The number of nitrogens with one attached hydrogen (secondary N) is 2. The van der Waals surface area contributed by atoms with Gasteiger partial charge in [0.1, 0.15) is 0 Å². The highest BCUT2D eigenvalue weighted by Crippen LogP contribution is 2.13. The fourth-order valence-electron chi connectivity index (χ4n) is 1.95. The van der Waals surface area contributed by atoms with Crippen LogP contribution < -0.4 is 10.6 Å². The van der Waals surface area contributed by atoms with Gasteiger partial charge in [-0.05, 0) is 39.3 Å². The Kier molecular flexibility index (Phi) is 5.45. The maximum atomic E-state index is 8.61. The Morgan fingerprint density at radius 3 is 2.71 bits per heavy atom. The molecule has 0 bridgehead atoms. The smallest absolute Gasteiger partial charge is 0.0431 e. The van der Waals surface area contributed by atoms with E-state index < -0.39 is 0 Å². The van der Waals surface area contributed by atoms with Crippen LogP contribution >= 0.6 is 0 Å². The molecule has 1 unspecified atom stereocenters. The van der Waals surface area contributed by atoms with Crippen LogP contribution in [0.15, 0.2) is 0 Å². The maximum Gasteiger partial charge on any atom is 0.0431 e. The van der Waals surface area contributed by atoms with Crippen molar-refractivity contribution in [2.24, 2.45) is 0 Å². The predicted molar refractivity (Wildman–Crippen MR) is 59.4 cm³/mol. The topological polar surface area (TPSA) is 44.3 Å². The molecule has 1 fully saturated rings. The summed E-state index contributed by atoms with van der Waals surface area (Å²) in [6.45, 7) is 6.00. The second-order valence-corrected chi connectivity index (χ2v) is 4.55. The van der Waals surface area contributed by atoms with E-state index in [1.54, 1.807) is 0 Å². The number of unbranched alkanes of at least 4 members (excludes halogenated alkanes) is 3. The Bertz CT molecular complexity index is 144. The van der Waals surface area contributed by atoms with Crippen molar-refractivity contribution in [3.05, 3.63) is 0 Å². The molecule has 0 saturated carbocycles. The molecule has 84 valence electrons. The minimum Gasteiger partial charge on any atom is -0.396 e. The molecule has 0 aliphatic carbocycles. The van der Waals surface area contributed by atoms with E-state index in [0.29, 0.717) is 12.1 Å².